The highest BCUT2D eigenvalue weighted by Crippen LogP contribution is 2.26. The van der Waals surface area contributed by atoms with E-state index < -0.39 is 0 Å². The topological polar surface area (TPSA) is 44.8 Å². The molecule has 26 heavy (non-hydrogen) atoms. The Balaban J connectivity index is 1.48. The minimum absolute atomic E-state index is 0.554. The highest BCUT2D eigenvalue weighted by Gasteiger charge is 2.17. The first-order valence-corrected chi connectivity index (χ1v) is 9.44. The fourth-order valence-electron chi connectivity index (χ4n) is 3.19. The molecule has 1 aliphatic rings. The molecule has 2 aromatic heterocycles. The third kappa shape index (κ3) is 3.96. The van der Waals surface area contributed by atoms with Crippen molar-refractivity contribution in [3.63, 3.8) is 0 Å². The van der Waals surface area contributed by atoms with Crippen LogP contribution in [0.4, 0.5) is 0 Å². The molecular weight excluding hydrogens is 387 g/mol. The first-order chi connectivity index (χ1) is 12.6. The predicted octanol–water partition coefficient (Wildman–Crippen LogP) is 5.07. The zero-order valence-corrected chi connectivity index (χ0v) is 16.2. The Morgan fingerprint density at radius 1 is 1.08 bits per heavy atom. The zero-order chi connectivity index (χ0) is 18.1. The molecule has 0 saturated heterocycles. The predicted molar refractivity (Wildman–Crippen MR) is 107 cm³/mol. The van der Waals surface area contributed by atoms with Gasteiger partial charge in [-0.1, -0.05) is 29.3 Å². The maximum Gasteiger partial charge on any atom is 0.196 e. The summed E-state index contributed by atoms with van der Waals surface area (Å²) in [5, 5.41) is 1.22. The van der Waals surface area contributed by atoms with Crippen molar-refractivity contribution in [2.45, 2.75) is 19.5 Å². The van der Waals surface area contributed by atoms with Crippen LogP contribution >= 0.6 is 35.4 Å². The molecule has 1 aliphatic heterocycles. The van der Waals surface area contributed by atoms with E-state index in [1.807, 2.05) is 30.6 Å². The number of halogens is 2. The Morgan fingerprint density at radius 3 is 2.62 bits per heavy atom. The molecule has 0 spiro atoms. The van der Waals surface area contributed by atoms with Crippen molar-refractivity contribution in [1.82, 2.24) is 19.9 Å². The summed E-state index contributed by atoms with van der Waals surface area (Å²) in [6.45, 7) is 2.69. The molecule has 0 fully saturated rings. The van der Waals surface area contributed by atoms with E-state index in [0.29, 0.717) is 14.8 Å². The van der Waals surface area contributed by atoms with Crippen LogP contribution in [0.5, 0.6) is 0 Å². The van der Waals surface area contributed by atoms with E-state index in [9.17, 15) is 0 Å². The van der Waals surface area contributed by atoms with Gasteiger partial charge in [0.25, 0.3) is 0 Å². The van der Waals surface area contributed by atoms with Crippen molar-refractivity contribution < 1.29 is 0 Å². The Bertz CT molecular complexity index is 981. The van der Waals surface area contributed by atoms with Gasteiger partial charge >= 0.3 is 0 Å². The maximum atomic E-state index is 6.08. The number of nitrogens with zero attached hydrogens (tertiary/aromatic N) is 3. The third-order valence-corrected chi connectivity index (χ3v) is 5.09. The van der Waals surface area contributed by atoms with Gasteiger partial charge in [-0.3, -0.25) is 9.88 Å². The van der Waals surface area contributed by atoms with Gasteiger partial charge in [0.1, 0.15) is 0 Å². The molecule has 0 atom stereocenters. The summed E-state index contributed by atoms with van der Waals surface area (Å²) in [5.41, 5.74) is 5.36. The average Bonchev–Trinajstić information content (AvgIpc) is 2.62. The van der Waals surface area contributed by atoms with Crippen LogP contribution in [-0.4, -0.2) is 26.4 Å². The molecule has 4 nitrogen and oxygen atoms in total. The van der Waals surface area contributed by atoms with Gasteiger partial charge in [0.15, 0.2) is 4.77 Å². The van der Waals surface area contributed by atoms with Crippen LogP contribution in [-0.2, 0) is 19.5 Å². The Kier molecular flexibility index (Phi) is 5.05. The van der Waals surface area contributed by atoms with Crippen LogP contribution in [0.3, 0.4) is 0 Å². The summed E-state index contributed by atoms with van der Waals surface area (Å²) in [7, 11) is 0. The molecule has 0 unspecified atom stereocenters. The molecule has 0 saturated carbocycles. The third-order valence-electron chi connectivity index (χ3n) is 4.44. The van der Waals surface area contributed by atoms with E-state index in [0.717, 1.165) is 37.3 Å². The van der Waals surface area contributed by atoms with Crippen LogP contribution in [0.2, 0.25) is 10.0 Å². The highest BCUT2D eigenvalue weighted by atomic mass is 35.5. The van der Waals surface area contributed by atoms with E-state index in [1.54, 1.807) is 6.07 Å². The summed E-state index contributed by atoms with van der Waals surface area (Å²) in [4.78, 5) is 14.3. The molecule has 1 aromatic carbocycles. The second-order valence-electron chi connectivity index (χ2n) is 6.36. The van der Waals surface area contributed by atoms with E-state index in [2.05, 4.69) is 25.9 Å². The van der Waals surface area contributed by atoms with Crippen LogP contribution in [0.25, 0.3) is 11.3 Å². The number of aromatic amines is 1. The molecule has 1 N–H and O–H groups in total. The van der Waals surface area contributed by atoms with Crippen LogP contribution in [0.1, 0.15) is 16.8 Å². The minimum Gasteiger partial charge on any atom is -0.334 e. The summed E-state index contributed by atoms with van der Waals surface area (Å²) < 4.78 is 0.554. The Labute approximate surface area is 166 Å². The van der Waals surface area contributed by atoms with Gasteiger partial charge in [-0.15, -0.1) is 0 Å². The van der Waals surface area contributed by atoms with Crippen molar-refractivity contribution in [3.8, 4) is 11.3 Å². The lowest BCUT2D eigenvalue weighted by Crippen LogP contribution is -2.30. The fourth-order valence-corrected chi connectivity index (χ4v) is 3.89. The molecule has 3 aromatic rings. The first kappa shape index (κ1) is 17.6. The van der Waals surface area contributed by atoms with E-state index in [1.165, 1.54) is 16.8 Å². The van der Waals surface area contributed by atoms with Crippen molar-refractivity contribution in [2.24, 2.45) is 0 Å². The van der Waals surface area contributed by atoms with Crippen molar-refractivity contribution in [1.29, 1.82) is 0 Å². The summed E-state index contributed by atoms with van der Waals surface area (Å²) >= 11 is 17.3. The van der Waals surface area contributed by atoms with Crippen molar-refractivity contribution in [2.75, 3.05) is 6.54 Å². The second kappa shape index (κ2) is 7.45. The molecule has 3 heterocycles. The maximum absolute atomic E-state index is 6.08. The Morgan fingerprint density at radius 2 is 1.88 bits per heavy atom. The molecule has 7 heteroatoms. The number of nitrogens with one attached hydrogen (secondary N) is 1. The summed E-state index contributed by atoms with van der Waals surface area (Å²) in [5.74, 6) is 0. The fraction of sp³-hybridized carbons (Fsp3) is 0.211. The van der Waals surface area contributed by atoms with Gasteiger partial charge in [-0.2, -0.15) is 0 Å². The number of pyridine rings is 1. The van der Waals surface area contributed by atoms with Gasteiger partial charge in [-0.05, 0) is 42.0 Å². The number of hydrogen-bond donors (Lipinski definition) is 1. The lowest BCUT2D eigenvalue weighted by molar-refractivity contribution is 0.242. The van der Waals surface area contributed by atoms with E-state index in [4.69, 9.17) is 35.4 Å². The van der Waals surface area contributed by atoms with Gasteiger partial charge in [-0.25, -0.2) is 4.98 Å². The van der Waals surface area contributed by atoms with E-state index in [-0.39, 0.29) is 0 Å². The second-order valence-corrected chi connectivity index (χ2v) is 7.62. The SMILES string of the molecule is S=c1ncc2c([nH]1)CCN(Cc1ccc(-c3cc(Cl)cc(Cl)c3)nc1)C2. The number of fused-ring (bicyclic) bond motifs is 1. The monoisotopic (exact) mass is 402 g/mol. The van der Waals surface area contributed by atoms with Crippen molar-refractivity contribution in [3.05, 3.63) is 74.4 Å². The highest BCUT2D eigenvalue weighted by molar-refractivity contribution is 7.71. The lowest BCUT2D eigenvalue weighted by Gasteiger charge is -2.28. The van der Waals surface area contributed by atoms with Gasteiger partial charge in [0.05, 0.1) is 5.69 Å². The van der Waals surface area contributed by atoms with E-state index >= 15 is 0 Å². The molecular formula is C19H16Cl2N4S. The van der Waals surface area contributed by atoms with Crippen LogP contribution in [0, 0.1) is 4.77 Å². The normalized spacial score (nSPS) is 14.2. The molecule has 0 radical (unpaired) electrons. The number of benzene rings is 1. The smallest absolute Gasteiger partial charge is 0.196 e. The molecule has 0 aliphatic carbocycles. The van der Waals surface area contributed by atoms with Gasteiger partial charge < -0.3 is 4.98 Å². The molecule has 4 rings (SSSR count). The van der Waals surface area contributed by atoms with Crippen LogP contribution < -0.4 is 0 Å². The largest absolute Gasteiger partial charge is 0.334 e. The standard InChI is InChI=1S/C19H16Cl2N4S/c20-15-5-13(6-16(21)7-15)17-2-1-12(8-22-17)10-25-4-3-18-14(11-25)9-23-19(26)24-18/h1-2,5-9H,3-4,10-11H2,(H,23,24,26). The quantitative estimate of drug-likeness (QED) is 0.621. The molecule has 132 valence electrons. The van der Waals surface area contributed by atoms with Crippen LogP contribution in [0.15, 0.2) is 42.7 Å². The number of aromatic nitrogens is 3. The number of H-pyrrole nitrogens is 1. The summed E-state index contributed by atoms with van der Waals surface area (Å²) in [6.07, 6.45) is 4.74. The lowest BCUT2D eigenvalue weighted by atomic mass is 10.1. The first-order valence-electron chi connectivity index (χ1n) is 8.28. The average molecular weight is 403 g/mol. The van der Waals surface area contributed by atoms with Crippen molar-refractivity contribution >= 4 is 35.4 Å². The molecule has 0 bridgehead atoms. The zero-order valence-electron chi connectivity index (χ0n) is 13.9. The number of rotatable bonds is 3. The molecule has 0 amide bonds. The Hall–Kier alpha value is -1.79. The number of hydrogen-bond acceptors (Lipinski definition) is 4. The minimum atomic E-state index is 0.554. The van der Waals surface area contributed by atoms with Gasteiger partial charge in [0, 0.05) is 65.3 Å². The summed E-state index contributed by atoms with van der Waals surface area (Å²) in [6, 6.07) is 9.57. The van der Waals surface area contributed by atoms with Gasteiger partial charge in [0.2, 0.25) is 0 Å².